The molecule has 2 amide bonds. The van der Waals surface area contributed by atoms with Crippen molar-refractivity contribution >= 4 is 48.6 Å². The van der Waals surface area contributed by atoms with Gasteiger partial charge in [0.25, 0.3) is 0 Å². The number of benzene rings is 1. The van der Waals surface area contributed by atoms with Crippen LogP contribution in [0.4, 0.5) is 5.69 Å². The Morgan fingerprint density at radius 2 is 1.91 bits per heavy atom. The highest BCUT2D eigenvalue weighted by Gasteiger charge is 2.77. The Morgan fingerprint density at radius 1 is 1.26 bits per heavy atom. The molecule has 35 heavy (non-hydrogen) atoms. The van der Waals surface area contributed by atoms with Gasteiger partial charge in [0.15, 0.2) is 8.32 Å². The van der Waals surface area contributed by atoms with Crippen LogP contribution >= 0.6 is 11.7 Å². The highest BCUT2D eigenvalue weighted by molar-refractivity contribution is 7.00. The maximum absolute atomic E-state index is 13.9. The molecule has 0 saturated carbocycles. The summed E-state index contributed by atoms with van der Waals surface area (Å²) in [4.78, 5) is 28.8. The molecule has 1 unspecified atom stereocenters. The molecule has 1 aromatic carbocycles. The second-order valence-electron chi connectivity index (χ2n) is 11.6. The number of carbonyl (C=O) groups excluding carboxylic acids is 2. The van der Waals surface area contributed by atoms with Crippen LogP contribution in [0, 0.1) is 23.2 Å². The van der Waals surface area contributed by atoms with Crippen molar-refractivity contribution in [2.45, 2.75) is 76.0 Å². The molecular formula is C24H30N4O5SSi. The summed E-state index contributed by atoms with van der Waals surface area (Å²) in [5.41, 5.74) is -0.756. The normalized spacial score (nSPS) is 32.5. The molecule has 5 atom stereocenters. The van der Waals surface area contributed by atoms with E-state index in [0.717, 1.165) is 11.7 Å². The zero-order valence-corrected chi connectivity index (χ0v) is 22.6. The molecule has 1 aromatic heterocycles. The van der Waals surface area contributed by atoms with E-state index in [0.29, 0.717) is 35.3 Å². The average molecular weight is 515 g/mol. The molecule has 0 spiro atoms. The molecule has 3 saturated heterocycles. The fraction of sp³-hybridized carbons (Fsp3) is 0.625. The molecule has 186 valence electrons. The summed E-state index contributed by atoms with van der Waals surface area (Å²) < 4.78 is 21.3. The van der Waals surface area contributed by atoms with Crippen molar-refractivity contribution in [2.75, 3.05) is 11.5 Å². The number of aliphatic hydroxyl groups excluding tert-OH is 1. The van der Waals surface area contributed by atoms with Crippen LogP contribution in [-0.4, -0.2) is 57.9 Å². The molecule has 0 aliphatic carbocycles. The maximum atomic E-state index is 13.9. The van der Waals surface area contributed by atoms with Gasteiger partial charge in [-0.2, -0.15) is 14.0 Å². The first kappa shape index (κ1) is 24.5. The van der Waals surface area contributed by atoms with E-state index in [1.165, 1.54) is 4.90 Å². The molecule has 9 nitrogen and oxygen atoms in total. The van der Waals surface area contributed by atoms with E-state index in [4.69, 9.17) is 9.16 Å². The van der Waals surface area contributed by atoms with Gasteiger partial charge >= 0.3 is 0 Å². The van der Waals surface area contributed by atoms with Gasteiger partial charge in [-0.25, -0.2) is 4.90 Å². The summed E-state index contributed by atoms with van der Waals surface area (Å²) in [5.74, 6) is -2.29. The number of rotatable bonds is 5. The van der Waals surface area contributed by atoms with Gasteiger partial charge in [0.2, 0.25) is 11.8 Å². The first-order valence-corrected chi connectivity index (χ1v) is 15.5. The van der Waals surface area contributed by atoms with Crippen LogP contribution in [0.15, 0.2) is 12.1 Å². The number of ether oxygens (including phenoxy) is 1. The molecule has 0 radical (unpaired) electrons. The Kier molecular flexibility index (Phi) is 5.33. The van der Waals surface area contributed by atoms with E-state index in [1.54, 1.807) is 19.1 Å². The fourth-order valence-corrected chi connectivity index (χ4v) is 7.30. The summed E-state index contributed by atoms with van der Waals surface area (Å²) in [6.45, 7) is 12.9. The van der Waals surface area contributed by atoms with Gasteiger partial charge < -0.3 is 14.3 Å². The van der Waals surface area contributed by atoms with Crippen LogP contribution in [0.2, 0.25) is 18.1 Å². The lowest BCUT2D eigenvalue weighted by Gasteiger charge is -2.38. The highest BCUT2D eigenvalue weighted by Crippen LogP contribution is 2.62. The van der Waals surface area contributed by atoms with Gasteiger partial charge in [-0.1, -0.05) is 20.8 Å². The Hall–Kier alpha value is -2.23. The van der Waals surface area contributed by atoms with E-state index < -0.39 is 43.4 Å². The standard InChI is InChI=1S/C24H30N4O5SSi/c1-22(2,3)35(5,6)32-10-9-24-11-15(29)23(4,33-24)16-17(24)21(31)28(20(16)30)14-8-7-13(12-25)18-19(14)27-34-26-18/h7-8,15-17,29H,9-11H2,1-6H3/t15?,16-,17+,23-,24+/m0/s1. The van der Waals surface area contributed by atoms with E-state index >= 15 is 0 Å². The summed E-state index contributed by atoms with van der Waals surface area (Å²) in [7, 11) is -2.03. The van der Waals surface area contributed by atoms with Crippen molar-refractivity contribution in [3.05, 3.63) is 17.7 Å². The minimum absolute atomic E-state index is 0.0336. The molecule has 5 rings (SSSR count). The maximum Gasteiger partial charge on any atom is 0.240 e. The number of nitriles is 1. The van der Waals surface area contributed by atoms with E-state index in [9.17, 15) is 20.0 Å². The molecule has 4 heterocycles. The number of hydrogen-bond acceptors (Lipinski definition) is 9. The number of imide groups is 1. The van der Waals surface area contributed by atoms with E-state index in [2.05, 4.69) is 48.7 Å². The molecule has 11 heteroatoms. The van der Waals surface area contributed by atoms with Gasteiger partial charge in [0.1, 0.15) is 22.7 Å². The zero-order valence-electron chi connectivity index (χ0n) is 20.8. The van der Waals surface area contributed by atoms with Crippen LogP contribution in [0.25, 0.3) is 11.0 Å². The predicted octanol–water partition coefficient (Wildman–Crippen LogP) is 3.37. The van der Waals surface area contributed by atoms with Gasteiger partial charge in [0.05, 0.1) is 46.5 Å². The van der Waals surface area contributed by atoms with Gasteiger partial charge in [-0.3, -0.25) is 9.59 Å². The summed E-state index contributed by atoms with van der Waals surface area (Å²) >= 11 is 0.929. The number of aliphatic hydroxyl groups is 1. The predicted molar refractivity (Wildman–Crippen MR) is 132 cm³/mol. The van der Waals surface area contributed by atoms with Gasteiger partial charge in [-0.05, 0) is 43.6 Å². The van der Waals surface area contributed by atoms with Gasteiger partial charge in [0, 0.05) is 13.0 Å². The van der Waals surface area contributed by atoms with Crippen molar-refractivity contribution in [1.29, 1.82) is 5.26 Å². The molecular weight excluding hydrogens is 484 g/mol. The number of fused-ring (bicyclic) bond motifs is 6. The monoisotopic (exact) mass is 514 g/mol. The summed E-state index contributed by atoms with van der Waals surface area (Å²) in [6, 6.07) is 5.21. The molecule has 3 aliphatic heterocycles. The van der Waals surface area contributed by atoms with Crippen LogP contribution in [0.5, 0.6) is 0 Å². The first-order valence-electron chi connectivity index (χ1n) is 11.8. The van der Waals surface area contributed by atoms with Crippen LogP contribution in [0.3, 0.4) is 0 Å². The molecule has 3 fully saturated rings. The third kappa shape index (κ3) is 3.27. The number of carbonyl (C=O) groups is 2. The molecule has 2 aromatic rings. The zero-order chi connectivity index (χ0) is 25.6. The lowest BCUT2D eigenvalue weighted by molar-refractivity contribution is -0.134. The molecule has 3 aliphatic rings. The highest BCUT2D eigenvalue weighted by atomic mass is 32.1. The number of hydrogen-bond donors (Lipinski definition) is 1. The summed E-state index contributed by atoms with van der Waals surface area (Å²) in [5, 5.41) is 20.4. The van der Waals surface area contributed by atoms with Crippen molar-refractivity contribution in [3.63, 3.8) is 0 Å². The Balaban J connectivity index is 1.50. The lowest BCUT2D eigenvalue weighted by atomic mass is 9.66. The molecule has 1 N–H and O–H groups in total. The third-order valence-electron chi connectivity index (χ3n) is 8.66. The number of amides is 2. The minimum atomic E-state index is -2.03. The summed E-state index contributed by atoms with van der Waals surface area (Å²) in [6.07, 6.45) is -0.170. The largest absolute Gasteiger partial charge is 0.417 e. The van der Waals surface area contributed by atoms with Crippen molar-refractivity contribution in [2.24, 2.45) is 11.8 Å². The number of aromatic nitrogens is 2. The lowest BCUT2D eigenvalue weighted by Crippen LogP contribution is -2.50. The topological polar surface area (TPSA) is 126 Å². The first-order chi connectivity index (χ1) is 16.3. The average Bonchev–Trinajstić information content (AvgIpc) is 3.47. The smallest absolute Gasteiger partial charge is 0.240 e. The van der Waals surface area contributed by atoms with Crippen molar-refractivity contribution in [1.82, 2.24) is 8.75 Å². The quantitative estimate of drug-likeness (QED) is 0.475. The van der Waals surface area contributed by atoms with Crippen LogP contribution < -0.4 is 4.90 Å². The third-order valence-corrected chi connectivity index (χ3v) is 13.7. The Morgan fingerprint density at radius 3 is 2.57 bits per heavy atom. The van der Waals surface area contributed by atoms with Crippen molar-refractivity contribution in [3.8, 4) is 6.07 Å². The SMILES string of the molecule is CC(C)(C)[Si](C)(C)OCC[C@]12CC(O)[C@](C)(O1)[C@@H]1C(=O)N(c3ccc(C#N)c4nsnc34)C(=O)[C@@H]12. The fourth-order valence-electron chi connectivity index (χ4n) is 5.68. The van der Waals surface area contributed by atoms with E-state index in [-0.39, 0.29) is 17.4 Å². The second kappa shape index (κ2) is 7.63. The molecule has 2 bridgehead atoms. The second-order valence-corrected chi connectivity index (χ2v) is 16.9. The minimum Gasteiger partial charge on any atom is -0.417 e. The number of nitrogens with zero attached hydrogens (tertiary/aromatic N) is 4. The van der Waals surface area contributed by atoms with Crippen molar-refractivity contribution < 1.29 is 23.9 Å². The Bertz CT molecular complexity index is 1280. The van der Waals surface area contributed by atoms with Crippen LogP contribution in [-0.2, 0) is 18.8 Å². The Labute approximate surface area is 209 Å². The van der Waals surface area contributed by atoms with E-state index in [1.807, 2.05) is 0 Å². The van der Waals surface area contributed by atoms with Crippen LogP contribution in [0.1, 0.15) is 46.1 Å². The van der Waals surface area contributed by atoms with Gasteiger partial charge in [-0.15, -0.1) is 0 Å². The number of anilines is 1.